The largest absolute Gasteiger partial charge is 0.468 e. The van der Waals surface area contributed by atoms with Gasteiger partial charge in [-0.3, -0.25) is 4.79 Å². The molecular formula is C25H26F3N9O2. The number of hydrazine groups is 1. The number of amidine groups is 1. The zero-order valence-electron chi connectivity index (χ0n) is 20.9. The van der Waals surface area contributed by atoms with Crippen molar-refractivity contribution in [1.29, 1.82) is 0 Å². The number of anilines is 1. The molecule has 0 bridgehead atoms. The van der Waals surface area contributed by atoms with E-state index in [4.69, 9.17) is 16.3 Å². The van der Waals surface area contributed by atoms with Crippen molar-refractivity contribution >= 4 is 39.2 Å². The molecule has 1 aliphatic heterocycles. The molecule has 4 heterocycles. The van der Waals surface area contributed by atoms with Crippen LogP contribution < -0.4 is 21.6 Å². The average Bonchev–Trinajstić information content (AvgIpc) is 3.28. The van der Waals surface area contributed by atoms with E-state index in [0.717, 1.165) is 15.9 Å². The van der Waals surface area contributed by atoms with Gasteiger partial charge in [0.2, 0.25) is 5.88 Å². The number of hydrazone groups is 1. The minimum absolute atomic E-state index is 0.155. The fraction of sp³-hybridized carbons (Fsp3) is 0.280. The smallest absolute Gasteiger partial charge is 0.422 e. The first-order chi connectivity index (χ1) is 18.6. The van der Waals surface area contributed by atoms with Crippen molar-refractivity contribution in [3.05, 3.63) is 60.0 Å². The highest BCUT2D eigenvalue weighted by atomic mass is 19.4. The monoisotopic (exact) mass is 541 g/mol. The third-order valence-electron chi connectivity index (χ3n) is 6.27. The number of benzene rings is 1. The molecule has 0 fully saturated rings. The van der Waals surface area contributed by atoms with Crippen LogP contribution in [-0.4, -0.2) is 75.8 Å². The van der Waals surface area contributed by atoms with Gasteiger partial charge in [-0.2, -0.15) is 13.2 Å². The number of alkyl halides is 3. The minimum Gasteiger partial charge on any atom is -0.468 e. The van der Waals surface area contributed by atoms with E-state index in [1.165, 1.54) is 12.3 Å². The number of amides is 1. The van der Waals surface area contributed by atoms with Gasteiger partial charge in [0.05, 0.1) is 10.9 Å². The lowest BCUT2D eigenvalue weighted by molar-refractivity contribution is -0.153. The molecule has 0 atom stereocenters. The lowest BCUT2D eigenvalue weighted by Gasteiger charge is -2.29. The molecule has 0 unspecified atom stereocenters. The summed E-state index contributed by atoms with van der Waals surface area (Å²) in [7, 11) is 1.57. The summed E-state index contributed by atoms with van der Waals surface area (Å²) in [5, 5.41) is 10.6. The molecule has 11 nitrogen and oxygen atoms in total. The van der Waals surface area contributed by atoms with Gasteiger partial charge < -0.3 is 25.3 Å². The first-order valence-corrected chi connectivity index (χ1v) is 12.0. The fourth-order valence-corrected chi connectivity index (χ4v) is 4.55. The van der Waals surface area contributed by atoms with Crippen LogP contribution in [0.2, 0.25) is 0 Å². The Morgan fingerprint density at radius 3 is 2.72 bits per heavy atom. The van der Waals surface area contributed by atoms with Crippen LogP contribution in [0.15, 0.2) is 53.9 Å². The maximum Gasteiger partial charge on any atom is 0.422 e. The standard InChI is InChI=1S/C25H26F3N9O2/c1-35(30)34-21(29)16-3-2-15-4-6-31-22(17(15)12-16)32-8-9-36-10-11-37-19-5-7-33-23(39-14-25(26,27)28)18(19)13-20(37)24(36)38/h2-7,12-13H,8-11,14,30H2,1H3,(H2,29,34)(H,31,32). The van der Waals surface area contributed by atoms with Crippen LogP contribution >= 0.6 is 0 Å². The van der Waals surface area contributed by atoms with Crippen LogP contribution in [0.25, 0.3) is 21.7 Å². The predicted molar refractivity (Wildman–Crippen MR) is 140 cm³/mol. The number of hydrogen-bond donors (Lipinski definition) is 3. The molecule has 0 saturated carbocycles. The molecule has 14 heteroatoms. The molecule has 5 rings (SSSR count). The van der Waals surface area contributed by atoms with E-state index in [1.54, 1.807) is 28.8 Å². The summed E-state index contributed by atoms with van der Waals surface area (Å²) in [6.45, 7) is 0.259. The van der Waals surface area contributed by atoms with E-state index in [0.29, 0.717) is 54.2 Å². The summed E-state index contributed by atoms with van der Waals surface area (Å²) in [4.78, 5) is 23.3. The maximum absolute atomic E-state index is 13.3. The molecule has 1 aromatic carbocycles. The molecule has 0 aliphatic carbocycles. The van der Waals surface area contributed by atoms with Gasteiger partial charge in [-0.1, -0.05) is 12.1 Å². The van der Waals surface area contributed by atoms with Crippen molar-refractivity contribution < 1.29 is 22.7 Å². The van der Waals surface area contributed by atoms with Crippen molar-refractivity contribution in [2.75, 3.05) is 38.6 Å². The minimum atomic E-state index is -4.50. The molecule has 1 aliphatic rings. The number of pyridine rings is 2. The predicted octanol–water partition coefficient (Wildman–Crippen LogP) is 2.52. The number of halogens is 3. The van der Waals surface area contributed by atoms with E-state index < -0.39 is 12.8 Å². The van der Waals surface area contributed by atoms with Gasteiger partial charge in [0.25, 0.3) is 5.91 Å². The Labute approximate surface area is 220 Å². The normalized spacial score (nSPS) is 14.1. The highest BCUT2D eigenvalue weighted by Gasteiger charge is 2.31. The number of fused-ring (bicyclic) bond motifs is 4. The van der Waals surface area contributed by atoms with E-state index >= 15 is 0 Å². The Morgan fingerprint density at radius 2 is 1.95 bits per heavy atom. The van der Waals surface area contributed by atoms with Crippen molar-refractivity contribution in [2.24, 2.45) is 16.7 Å². The number of rotatable bonds is 8. The lowest BCUT2D eigenvalue weighted by atomic mass is 10.1. The molecule has 0 spiro atoms. The zero-order valence-corrected chi connectivity index (χ0v) is 20.9. The van der Waals surface area contributed by atoms with Crippen molar-refractivity contribution in [1.82, 2.24) is 24.6 Å². The number of carbonyl (C=O) groups is 1. The topological polar surface area (TPSA) is 140 Å². The Hall–Kier alpha value is -4.59. The van der Waals surface area contributed by atoms with E-state index in [9.17, 15) is 18.0 Å². The van der Waals surface area contributed by atoms with Crippen LogP contribution in [0.5, 0.6) is 5.88 Å². The van der Waals surface area contributed by atoms with Crippen LogP contribution in [0.3, 0.4) is 0 Å². The molecule has 4 aromatic rings. The van der Waals surface area contributed by atoms with Crippen LogP contribution in [0.1, 0.15) is 16.1 Å². The van der Waals surface area contributed by atoms with Gasteiger partial charge in [-0.15, -0.1) is 5.10 Å². The van der Waals surface area contributed by atoms with Crippen LogP contribution in [-0.2, 0) is 6.54 Å². The first-order valence-electron chi connectivity index (χ1n) is 12.0. The Balaban J connectivity index is 1.30. The fourth-order valence-electron chi connectivity index (χ4n) is 4.55. The lowest BCUT2D eigenvalue weighted by Crippen LogP contribution is -2.42. The Kier molecular flexibility index (Phi) is 6.87. The molecule has 39 heavy (non-hydrogen) atoms. The van der Waals surface area contributed by atoms with Crippen LogP contribution in [0.4, 0.5) is 19.0 Å². The second kappa shape index (κ2) is 10.3. The maximum atomic E-state index is 13.3. The van der Waals surface area contributed by atoms with E-state index in [1.807, 2.05) is 24.3 Å². The quantitative estimate of drug-likeness (QED) is 0.134. The molecule has 3 aromatic heterocycles. The summed E-state index contributed by atoms with van der Waals surface area (Å²) in [6.07, 6.45) is -1.43. The first kappa shape index (κ1) is 26.0. The van der Waals surface area contributed by atoms with Gasteiger partial charge in [0.1, 0.15) is 11.5 Å². The number of aromatic nitrogens is 3. The Bertz CT molecular complexity index is 1570. The van der Waals surface area contributed by atoms with Crippen molar-refractivity contribution in [3.8, 4) is 5.88 Å². The molecule has 1 amide bonds. The number of carbonyl (C=O) groups excluding carboxylic acids is 1. The summed E-state index contributed by atoms with van der Waals surface area (Å²) in [6, 6.07) is 10.7. The summed E-state index contributed by atoms with van der Waals surface area (Å²) < 4.78 is 44.7. The van der Waals surface area contributed by atoms with E-state index in [2.05, 4.69) is 20.4 Å². The molecule has 0 radical (unpaired) electrons. The van der Waals surface area contributed by atoms with Gasteiger partial charge in [-0.05, 0) is 29.7 Å². The number of nitrogens with two attached hydrogens (primary N) is 2. The Morgan fingerprint density at radius 1 is 1.15 bits per heavy atom. The number of nitrogens with one attached hydrogen (secondary N) is 1. The SMILES string of the molecule is CN(N)/N=C(\N)c1ccc2ccnc(NCCN3CCn4c(cc5c(OCC(F)(F)F)nccc54)C3=O)c2c1. The molecule has 5 N–H and O–H groups in total. The van der Waals surface area contributed by atoms with Gasteiger partial charge in [0.15, 0.2) is 12.4 Å². The van der Waals surface area contributed by atoms with Gasteiger partial charge >= 0.3 is 6.18 Å². The van der Waals surface area contributed by atoms with Crippen LogP contribution in [0, 0.1) is 0 Å². The van der Waals surface area contributed by atoms with Crippen molar-refractivity contribution in [2.45, 2.75) is 12.7 Å². The number of hydrogen-bond acceptors (Lipinski definition) is 8. The van der Waals surface area contributed by atoms with Gasteiger partial charge in [0, 0.05) is 56.6 Å². The highest BCUT2D eigenvalue weighted by molar-refractivity contribution is 6.03. The highest BCUT2D eigenvalue weighted by Crippen LogP contribution is 2.30. The third-order valence-corrected chi connectivity index (χ3v) is 6.27. The van der Waals surface area contributed by atoms with Gasteiger partial charge in [-0.25, -0.2) is 20.9 Å². The summed E-state index contributed by atoms with van der Waals surface area (Å²) >= 11 is 0. The average molecular weight is 542 g/mol. The molecule has 204 valence electrons. The second-order valence-electron chi connectivity index (χ2n) is 9.01. The summed E-state index contributed by atoms with van der Waals surface area (Å²) in [5.74, 6) is 6.06. The number of nitrogens with zero attached hydrogens (tertiary/aromatic N) is 6. The molecular weight excluding hydrogens is 515 g/mol. The van der Waals surface area contributed by atoms with E-state index in [-0.39, 0.29) is 17.6 Å². The zero-order chi connectivity index (χ0) is 27.7. The van der Waals surface area contributed by atoms with Crippen molar-refractivity contribution in [3.63, 3.8) is 0 Å². The number of ether oxygens (including phenoxy) is 1. The second-order valence-corrected chi connectivity index (χ2v) is 9.01. The molecule has 0 saturated heterocycles. The summed E-state index contributed by atoms with van der Waals surface area (Å²) in [5.41, 5.74) is 7.69. The third kappa shape index (κ3) is 5.50.